The first kappa shape index (κ1) is 19.0. The van der Waals surface area contributed by atoms with Crippen molar-refractivity contribution in [3.8, 4) is 5.75 Å². The van der Waals surface area contributed by atoms with E-state index < -0.39 is 0 Å². The fourth-order valence-corrected chi connectivity index (χ4v) is 4.11. The number of benzene rings is 2. The lowest BCUT2D eigenvalue weighted by molar-refractivity contribution is -0.118. The highest BCUT2D eigenvalue weighted by molar-refractivity contribution is 7.99. The monoisotopic (exact) mass is 405 g/mol. The number of fused-ring (bicyclic) bond motifs is 2. The van der Waals surface area contributed by atoms with E-state index in [0.717, 1.165) is 16.1 Å². The van der Waals surface area contributed by atoms with Gasteiger partial charge >= 0.3 is 0 Å². The number of aryl methyl sites for hydroxylation is 1. The zero-order valence-electron chi connectivity index (χ0n) is 16.0. The molecule has 0 fully saturated rings. The van der Waals surface area contributed by atoms with Crippen LogP contribution in [0.5, 0.6) is 5.75 Å². The Morgan fingerprint density at radius 3 is 2.86 bits per heavy atom. The Hall–Kier alpha value is -3.32. The van der Waals surface area contributed by atoms with Gasteiger partial charge in [-0.15, -0.1) is 0 Å². The second kappa shape index (κ2) is 7.97. The summed E-state index contributed by atoms with van der Waals surface area (Å²) in [4.78, 5) is 31.8. The molecule has 1 aliphatic rings. The third-order valence-electron chi connectivity index (χ3n) is 4.48. The van der Waals surface area contributed by atoms with Crippen molar-refractivity contribution in [3.05, 3.63) is 71.9 Å². The van der Waals surface area contributed by atoms with Crippen LogP contribution in [0.2, 0.25) is 0 Å². The predicted molar refractivity (Wildman–Crippen MR) is 113 cm³/mol. The van der Waals surface area contributed by atoms with Gasteiger partial charge in [-0.3, -0.25) is 9.59 Å². The van der Waals surface area contributed by atoms with Gasteiger partial charge in [-0.25, -0.2) is 4.98 Å². The second-order valence-electron chi connectivity index (χ2n) is 6.66. The second-order valence-corrected chi connectivity index (χ2v) is 7.69. The van der Waals surface area contributed by atoms with E-state index in [-0.39, 0.29) is 18.4 Å². The third kappa shape index (κ3) is 4.09. The summed E-state index contributed by atoms with van der Waals surface area (Å²) < 4.78 is 5.55. The molecule has 146 valence electrons. The SMILES string of the molecule is Cc1cccc(OCC(=O)Nc2ccc3c(c2)Sc2ncccc2C(=O)N3C)c1. The van der Waals surface area contributed by atoms with E-state index in [9.17, 15) is 9.59 Å². The molecular formula is C22H19N3O3S. The highest BCUT2D eigenvalue weighted by Gasteiger charge is 2.25. The van der Waals surface area contributed by atoms with Gasteiger partial charge in [-0.2, -0.15) is 0 Å². The minimum absolute atomic E-state index is 0.0868. The molecule has 2 aromatic carbocycles. The summed E-state index contributed by atoms with van der Waals surface area (Å²) in [5.41, 5.74) is 3.04. The summed E-state index contributed by atoms with van der Waals surface area (Å²) in [5.74, 6) is 0.288. The van der Waals surface area contributed by atoms with Crippen LogP contribution in [0.25, 0.3) is 0 Å². The van der Waals surface area contributed by atoms with Crippen molar-refractivity contribution in [1.29, 1.82) is 0 Å². The lowest BCUT2D eigenvalue weighted by Gasteiger charge is -2.18. The van der Waals surface area contributed by atoms with E-state index in [2.05, 4.69) is 10.3 Å². The van der Waals surface area contributed by atoms with Crippen LogP contribution in [-0.2, 0) is 4.79 Å². The highest BCUT2D eigenvalue weighted by Crippen LogP contribution is 2.40. The van der Waals surface area contributed by atoms with E-state index >= 15 is 0 Å². The number of anilines is 2. The first-order valence-electron chi connectivity index (χ1n) is 9.05. The molecule has 1 aromatic heterocycles. The molecule has 0 saturated carbocycles. The number of pyridine rings is 1. The molecule has 3 aromatic rings. The largest absolute Gasteiger partial charge is 0.484 e. The lowest BCUT2D eigenvalue weighted by Crippen LogP contribution is -2.26. The van der Waals surface area contributed by atoms with Crippen molar-refractivity contribution in [2.45, 2.75) is 16.8 Å². The molecule has 0 spiro atoms. The number of nitrogens with zero attached hydrogens (tertiary/aromatic N) is 2. The van der Waals surface area contributed by atoms with Gasteiger partial charge in [-0.1, -0.05) is 23.9 Å². The summed E-state index contributed by atoms with van der Waals surface area (Å²) in [7, 11) is 1.73. The van der Waals surface area contributed by atoms with Gasteiger partial charge in [0.25, 0.3) is 11.8 Å². The van der Waals surface area contributed by atoms with Crippen molar-refractivity contribution < 1.29 is 14.3 Å². The van der Waals surface area contributed by atoms with Crippen LogP contribution in [0.3, 0.4) is 0 Å². The number of carbonyl (C=O) groups excluding carboxylic acids is 2. The molecule has 0 radical (unpaired) electrons. The van der Waals surface area contributed by atoms with Crippen LogP contribution < -0.4 is 15.0 Å². The molecule has 0 atom stereocenters. The van der Waals surface area contributed by atoms with Crippen LogP contribution in [0.4, 0.5) is 11.4 Å². The normalized spacial score (nSPS) is 12.6. The quantitative estimate of drug-likeness (QED) is 0.706. The topological polar surface area (TPSA) is 71.5 Å². The number of nitrogens with one attached hydrogen (secondary N) is 1. The average Bonchev–Trinajstić information content (AvgIpc) is 2.81. The first-order valence-corrected chi connectivity index (χ1v) is 9.87. The van der Waals surface area contributed by atoms with Gasteiger partial charge in [0.15, 0.2) is 6.61 Å². The molecule has 0 bridgehead atoms. The van der Waals surface area contributed by atoms with E-state index in [0.29, 0.717) is 22.0 Å². The molecule has 0 aliphatic carbocycles. The minimum Gasteiger partial charge on any atom is -0.484 e. The molecule has 7 heteroatoms. The average molecular weight is 405 g/mol. The van der Waals surface area contributed by atoms with Crippen LogP contribution in [0.1, 0.15) is 15.9 Å². The maximum absolute atomic E-state index is 12.7. The molecule has 2 amide bonds. The number of hydrogen-bond donors (Lipinski definition) is 1. The highest BCUT2D eigenvalue weighted by atomic mass is 32.2. The minimum atomic E-state index is -0.256. The smallest absolute Gasteiger partial charge is 0.262 e. The molecule has 29 heavy (non-hydrogen) atoms. The molecule has 2 heterocycles. The van der Waals surface area contributed by atoms with Gasteiger partial charge in [-0.05, 0) is 55.0 Å². The zero-order chi connectivity index (χ0) is 20.4. The Bertz CT molecular complexity index is 1100. The van der Waals surface area contributed by atoms with Crippen LogP contribution in [-0.4, -0.2) is 30.5 Å². The number of hydrogen-bond acceptors (Lipinski definition) is 5. The lowest BCUT2D eigenvalue weighted by atomic mass is 10.2. The summed E-state index contributed by atoms with van der Waals surface area (Å²) in [6, 6.07) is 16.5. The molecular weight excluding hydrogens is 386 g/mol. The Morgan fingerprint density at radius 2 is 2.03 bits per heavy atom. The Kier molecular flexibility index (Phi) is 5.22. The van der Waals surface area contributed by atoms with Gasteiger partial charge in [0.05, 0.1) is 11.3 Å². The molecule has 0 saturated heterocycles. The number of aromatic nitrogens is 1. The van der Waals surface area contributed by atoms with Gasteiger partial charge in [0, 0.05) is 23.8 Å². The van der Waals surface area contributed by atoms with Gasteiger partial charge in [0.2, 0.25) is 0 Å². The van der Waals surface area contributed by atoms with Crippen molar-refractivity contribution in [2.24, 2.45) is 0 Å². The third-order valence-corrected chi connectivity index (χ3v) is 5.54. The zero-order valence-corrected chi connectivity index (χ0v) is 16.8. The summed E-state index contributed by atoms with van der Waals surface area (Å²) in [6.45, 7) is 1.88. The van der Waals surface area contributed by atoms with E-state index in [1.807, 2.05) is 43.3 Å². The van der Waals surface area contributed by atoms with Crippen molar-refractivity contribution in [3.63, 3.8) is 0 Å². The molecule has 6 nitrogen and oxygen atoms in total. The first-order chi connectivity index (χ1) is 14.0. The van der Waals surface area contributed by atoms with E-state index in [1.165, 1.54) is 11.8 Å². The number of carbonyl (C=O) groups is 2. The summed E-state index contributed by atoms with van der Waals surface area (Å²) in [5, 5.41) is 3.49. The maximum atomic E-state index is 12.7. The maximum Gasteiger partial charge on any atom is 0.262 e. The number of ether oxygens (including phenoxy) is 1. The molecule has 4 rings (SSSR count). The molecule has 0 unspecified atom stereocenters. The molecule has 1 N–H and O–H groups in total. The summed E-state index contributed by atoms with van der Waals surface area (Å²) >= 11 is 1.41. The van der Waals surface area contributed by atoms with Crippen LogP contribution in [0, 0.1) is 6.92 Å². The van der Waals surface area contributed by atoms with Crippen LogP contribution >= 0.6 is 11.8 Å². The Balaban J connectivity index is 1.50. The molecule has 1 aliphatic heterocycles. The fraction of sp³-hybridized carbons (Fsp3) is 0.136. The number of rotatable bonds is 4. The standard InChI is InChI=1S/C22H19N3O3S/c1-14-5-3-6-16(11-14)28-13-20(26)24-15-8-9-18-19(12-15)29-21-17(7-4-10-23-21)22(27)25(18)2/h3-12H,13H2,1-2H3,(H,24,26). The fourth-order valence-electron chi connectivity index (χ4n) is 3.03. The van der Waals surface area contributed by atoms with Crippen molar-refractivity contribution >= 4 is 35.0 Å². The van der Waals surface area contributed by atoms with E-state index in [4.69, 9.17) is 4.74 Å². The number of amides is 2. The predicted octanol–water partition coefficient (Wildman–Crippen LogP) is 4.15. The summed E-state index contributed by atoms with van der Waals surface area (Å²) in [6.07, 6.45) is 1.67. The van der Waals surface area contributed by atoms with Crippen molar-refractivity contribution in [2.75, 3.05) is 23.9 Å². The van der Waals surface area contributed by atoms with E-state index in [1.54, 1.807) is 36.3 Å². The Labute approximate surface area is 172 Å². The Morgan fingerprint density at radius 1 is 1.17 bits per heavy atom. The van der Waals surface area contributed by atoms with Gasteiger partial charge < -0.3 is 15.0 Å². The van der Waals surface area contributed by atoms with Gasteiger partial charge in [0.1, 0.15) is 10.8 Å². The van der Waals surface area contributed by atoms with Crippen molar-refractivity contribution in [1.82, 2.24) is 4.98 Å². The van der Waals surface area contributed by atoms with Crippen LogP contribution in [0.15, 0.2) is 70.7 Å².